The average molecular weight is 270 g/mol. The van der Waals surface area contributed by atoms with Crippen LogP contribution in [0.2, 0.25) is 5.02 Å². The van der Waals surface area contributed by atoms with Crippen molar-refractivity contribution in [2.24, 2.45) is 0 Å². The van der Waals surface area contributed by atoms with Crippen molar-refractivity contribution in [2.75, 3.05) is 44.4 Å². The minimum absolute atomic E-state index is 0.483. The van der Waals surface area contributed by atoms with Gasteiger partial charge in [0.2, 0.25) is 5.95 Å². The number of likely N-dealkylation sites (N-methyl/N-ethyl adjacent to an activating group) is 1. The summed E-state index contributed by atoms with van der Waals surface area (Å²) < 4.78 is 0. The first-order chi connectivity index (χ1) is 8.61. The van der Waals surface area contributed by atoms with Gasteiger partial charge in [0.1, 0.15) is 5.02 Å². The lowest BCUT2D eigenvalue weighted by Gasteiger charge is -2.28. The second kappa shape index (κ2) is 5.71. The molecule has 1 atom stereocenters. The number of nitrogens with one attached hydrogen (secondary N) is 1. The van der Waals surface area contributed by atoms with E-state index in [9.17, 15) is 0 Å². The Morgan fingerprint density at radius 3 is 3.00 bits per heavy atom. The van der Waals surface area contributed by atoms with E-state index in [1.54, 1.807) is 6.20 Å². The van der Waals surface area contributed by atoms with Crippen LogP contribution in [-0.4, -0.2) is 55.1 Å². The highest BCUT2D eigenvalue weighted by Crippen LogP contribution is 2.30. The highest BCUT2D eigenvalue weighted by Gasteiger charge is 2.27. The van der Waals surface area contributed by atoms with Crippen LogP contribution in [0.25, 0.3) is 0 Å². The van der Waals surface area contributed by atoms with E-state index in [-0.39, 0.29) is 0 Å². The van der Waals surface area contributed by atoms with Crippen LogP contribution in [0, 0.1) is 0 Å². The second-order valence-electron chi connectivity index (χ2n) is 4.87. The van der Waals surface area contributed by atoms with Gasteiger partial charge in [-0.15, -0.1) is 0 Å². The number of hydrogen-bond donors (Lipinski definition) is 1. The van der Waals surface area contributed by atoms with Gasteiger partial charge in [0.05, 0.1) is 6.20 Å². The molecule has 2 heterocycles. The monoisotopic (exact) mass is 269 g/mol. The van der Waals surface area contributed by atoms with Crippen molar-refractivity contribution in [3.05, 3.63) is 11.2 Å². The molecule has 1 fully saturated rings. The van der Waals surface area contributed by atoms with Crippen molar-refractivity contribution in [1.82, 2.24) is 14.9 Å². The maximum absolute atomic E-state index is 6.23. The van der Waals surface area contributed by atoms with E-state index in [1.165, 1.54) is 12.8 Å². The fourth-order valence-corrected chi connectivity index (χ4v) is 2.61. The van der Waals surface area contributed by atoms with Crippen LogP contribution in [0.3, 0.4) is 0 Å². The van der Waals surface area contributed by atoms with Gasteiger partial charge in [-0.1, -0.05) is 11.6 Å². The summed E-state index contributed by atoms with van der Waals surface area (Å²) in [6, 6.07) is 0.483. The van der Waals surface area contributed by atoms with Crippen LogP contribution in [0.5, 0.6) is 0 Å². The van der Waals surface area contributed by atoms with E-state index >= 15 is 0 Å². The van der Waals surface area contributed by atoms with E-state index in [1.807, 2.05) is 7.05 Å². The van der Waals surface area contributed by atoms with Crippen LogP contribution in [0.1, 0.15) is 12.8 Å². The fourth-order valence-electron chi connectivity index (χ4n) is 2.41. The zero-order valence-corrected chi connectivity index (χ0v) is 11.9. The molecule has 0 bridgehead atoms. The van der Waals surface area contributed by atoms with Gasteiger partial charge in [0, 0.05) is 26.2 Å². The van der Waals surface area contributed by atoms with Gasteiger partial charge in [0.15, 0.2) is 5.82 Å². The summed E-state index contributed by atoms with van der Waals surface area (Å²) in [5.41, 5.74) is 0. The molecule has 0 amide bonds. The van der Waals surface area contributed by atoms with Crippen LogP contribution in [-0.2, 0) is 0 Å². The SMILES string of the molecule is CNc1ncc(Cl)c(N2CCCC2CN(C)C)n1. The smallest absolute Gasteiger partial charge is 0.224 e. The highest BCUT2D eigenvalue weighted by atomic mass is 35.5. The lowest BCUT2D eigenvalue weighted by atomic mass is 10.2. The maximum Gasteiger partial charge on any atom is 0.224 e. The summed E-state index contributed by atoms with van der Waals surface area (Å²) in [7, 11) is 6.00. The summed E-state index contributed by atoms with van der Waals surface area (Å²) in [5, 5.41) is 3.58. The molecule has 6 heteroatoms. The van der Waals surface area contributed by atoms with Crippen LogP contribution in [0.4, 0.5) is 11.8 Å². The first kappa shape index (κ1) is 13.4. The van der Waals surface area contributed by atoms with E-state index < -0.39 is 0 Å². The Morgan fingerprint density at radius 1 is 1.56 bits per heavy atom. The molecule has 1 aromatic rings. The van der Waals surface area contributed by atoms with Gasteiger partial charge in [-0.25, -0.2) is 4.98 Å². The van der Waals surface area contributed by atoms with Crippen molar-refractivity contribution in [3.8, 4) is 0 Å². The number of rotatable bonds is 4. The summed E-state index contributed by atoms with van der Waals surface area (Å²) in [4.78, 5) is 13.1. The first-order valence-electron chi connectivity index (χ1n) is 6.23. The van der Waals surface area contributed by atoms with Gasteiger partial charge >= 0.3 is 0 Å². The molecule has 0 radical (unpaired) electrons. The van der Waals surface area contributed by atoms with Crippen LogP contribution >= 0.6 is 11.6 Å². The molecular formula is C12H20ClN5. The van der Waals surface area contributed by atoms with Crippen molar-refractivity contribution in [3.63, 3.8) is 0 Å². The maximum atomic E-state index is 6.23. The van der Waals surface area contributed by atoms with Crippen molar-refractivity contribution in [1.29, 1.82) is 0 Å². The fraction of sp³-hybridized carbons (Fsp3) is 0.667. The van der Waals surface area contributed by atoms with E-state index in [2.05, 4.69) is 39.2 Å². The van der Waals surface area contributed by atoms with Gasteiger partial charge in [-0.3, -0.25) is 0 Å². The highest BCUT2D eigenvalue weighted by molar-refractivity contribution is 6.32. The molecule has 0 aliphatic carbocycles. The molecule has 0 aromatic carbocycles. The number of hydrogen-bond acceptors (Lipinski definition) is 5. The Morgan fingerprint density at radius 2 is 2.33 bits per heavy atom. The Balaban J connectivity index is 2.23. The minimum Gasteiger partial charge on any atom is -0.357 e. The van der Waals surface area contributed by atoms with E-state index in [0.29, 0.717) is 17.0 Å². The third kappa shape index (κ3) is 2.84. The summed E-state index contributed by atoms with van der Waals surface area (Å²) >= 11 is 6.23. The zero-order chi connectivity index (χ0) is 13.1. The predicted octanol–water partition coefficient (Wildman–Crippen LogP) is 1.70. The number of nitrogens with zero attached hydrogens (tertiary/aromatic N) is 4. The van der Waals surface area contributed by atoms with Crippen molar-refractivity contribution in [2.45, 2.75) is 18.9 Å². The average Bonchev–Trinajstić information content (AvgIpc) is 2.77. The minimum atomic E-state index is 0.483. The molecule has 1 aliphatic heterocycles. The molecule has 1 aliphatic rings. The standard InChI is InChI=1S/C12H20ClN5/c1-14-12-15-7-10(13)11(16-12)18-6-4-5-9(18)8-17(2)3/h7,9H,4-6,8H2,1-3H3,(H,14,15,16). The quantitative estimate of drug-likeness (QED) is 0.901. The third-order valence-electron chi connectivity index (χ3n) is 3.17. The number of aromatic nitrogens is 2. The first-order valence-corrected chi connectivity index (χ1v) is 6.61. The third-order valence-corrected chi connectivity index (χ3v) is 3.44. The number of halogens is 1. The molecule has 18 heavy (non-hydrogen) atoms. The van der Waals surface area contributed by atoms with Gasteiger partial charge in [-0.2, -0.15) is 4.98 Å². The van der Waals surface area contributed by atoms with Crippen molar-refractivity contribution < 1.29 is 0 Å². The van der Waals surface area contributed by atoms with Crippen LogP contribution < -0.4 is 10.2 Å². The zero-order valence-electron chi connectivity index (χ0n) is 11.1. The largest absolute Gasteiger partial charge is 0.357 e. The Bertz CT molecular complexity index is 409. The summed E-state index contributed by atoms with van der Waals surface area (Å²) in [6.45, 7) is 2.04. The predicted molar refractivity (Wildman–Crippen MR) is 75.5 cm³/mol. The molecule has 100 valence electrons. The second-order valence-corrected chi connectivity index (χ2v) is 5.27. The Kier molecular flexibility index (Phi) is 4.24. The molecule has 1 unspecified atom stereocenters. The molecule has 0 spiro atoms. The summed E-state index contributed by atoms with van der Waals surface area (Å²) in [6.07, 6.45) is 4.04. The molecular weight excluding hydrogens is 250 g/mol. The topological polar surface area (TPSA) is 44.3 Å². The van der Waals surface area contributed by atoms with E-state index in [4.69, 9.17) is 11.6 Å². The molecule has 5 nitrogen and oxygen atoms in total. The molecule has 2 rings (SSSR count). The lowest BCUT2D eigenvalue weighted by Crippen LogP contribution is -2.38. The molecule has 1 N–H and O–H groups in total. The molecule has 0 saturated carbocycles. The van der Waals surface area contributed by atoms with Gasteiger partial charge in [-0.05, 0) is 26.9 Å². The summed E-state index contributed by atoms with van der Waals surface area (Å²) in [5.74, 6) is 1.46. The Labute approximate surface area is 113 Å². The Hall–Kier alpha value is -1.07. The van der Waals surface area contributed by atoms with Crippen LogP contribution in [0.15, 0.2) is 6.20 Å². The van der Waals surface area contributed by atoms with Crippen molar-refractivity contribution >= 4 is 23.4 Å². The van der Waals surface area contributed by atoms with E-state index in [0.717, 1.165) is 18.9 Å². The molecule has 1 aromatic heterocycles. The number of anilines is 2. The lowest BCUT2D eigenvalue weighted by molar-refractivity contribution is 0.371. The normalized spacial score (nSPS) is 19.6. The molecule has 1 saturated heterocycles. The van der Waals surface area contributed by atoms with Gasteiger partial charge < -0.3 is 15.1 Å². The van der Waals surface area contributed by atoms with Gasteiger partial charge in [0.25, 0.3) is 0 Å².